The molecule has 0 aliphatic carbocycles. The summed E-state index contributed by atoms with van der Waals surface area (Å²) in [5, 5.41) is 2.99. The van der Waals surface area contributed by atoms with Gasteiger partial charge in [-0.2, -0.15) is 0 Å². The third-order valence-corrected chi connectivity index (χ3v) is 3.50. The van der Waals surface area contributed by atoms with Crippen LogP contribution in [-0.2, 0) is 6.54 Å². The molecule has 0 radical (unpaired) electrons. The zero-order valence-corrected chi connectivity index (χ0v) is 12.8. The van der Waals surface area contributed by atoms with Gasteiger partial charge in [0.25, 0.3) is 5.91 Å². The maximum absolute atomic E-state index is 12.0. The SMILES string of the molecule is CCN(CC)CCCC(C)NC(=O)c1coc(CN)c1. The topological polar surface area (TPSA) is 71.5 Å². The van der Waals surface area contributed by atoms with Gasteiger partial charge in [-0.25, -0.2) is 0 Å². The van der Waals surface area contributed by atoms with E-state index in [-0.39, 0.29) is 11.9 Å². The summed E-state index contributed by atoms with van der Waals surface area (Å²) in [7, 11) is 0. The number of rotatable bonds is 9. The Morgan fingerprint density at radius 3 is 2.70 bits per heavy atom. The highest BCUT2D eigenvalue weighted by atomic mass is 16.3. The van der Waals surface area contributed by atoms with Crippen LogP contribution in [0.15, 0.2) is 16.7 Å². The van der Waals surface area contributed by atoms with Gasteiger partial charge < -0.3 is 20.4 Å². The summed E-state index contributed by atoms with van der Waals surface area (Å²) in [5.41, 5.74) is 6.00. The average Bonchev–Trinajstić information content (AvgIpc) is 2.92. The lowest BCUT2D eigenvalue weighted by molar-refractivity contribution is 0.0936. The van der Waals surface area contributed by atoms with Gasteiger partial charge in [-0.15, -0.1) is 0 Å². The molecule has 5 heteroatoms. The minimum absolute atomic E-state index is 0.0937. The summed E-state index contributed by atoms with van der Waals surface area (Å²) >= 11 is 0. The van der Waals surface area contributed by atoms with E-state index < -0.39 is 0 Å². The van der Waals surface area contributed by atoms with Crippen LogP contribution in [0, 0.1) is 0 Å². The molecule has 3 N–H and O–H groups in total. The van der Waals surface area contributed by atoms with E-state index in [9.17, 15) is 4.79 Å². The zero-order chi connectivity index (χ0) is 15.0. The van der Waals surface area contributed by atoms with Crippen LogP contribution >= 0.6 is 0 Å². The standard InChI is InChI=1S/C15H27N3O2/c1-4-18(5-2)8-6-7-12(3)17-15(19)13-9-14(10-16)20-11-13/h9,11-12H,4-8,10,16H2,1-3H3,(H,17,19). The van der Waals surface area contributed by atoms with Gasteiger partial charge in [-0.1, -0.05) is 13.8 Å². The summed E-state index contributed by atoms with van der Waals surface area (Å²) in [4.78, 5) is 14.4. The summed E-state index contributed by atoms with van der Waals surface area (Å²) in [6, 6.07) is 1.85. The maximum atomic E-state index is 12.0. The van der Waals surface area contributed by atoms with Crippen molar-refractivity contribution >= 4 is 5.91 Å². The van der Waals surface area contributed by atoms with Crippen molar-refractivity contribution in [3.8, 4) is 0 Å². The van der Waals surface area contributed by atoms with Crippen molar-refractivity contribution in [1.29, 1.82) is 0 Å². The highest BCUT2D eigenvalue weighted by molar-refractivity contribution is 5.94. The normalized spacial score (nSPS) is 12.7. The predicted octanol–water partition coefficient (Wildman–Crippen LogP) is 1.98. The lowest BCUT2D eigenvalue weighted by atomic mass is 10.1. The molecule has 114 valence electrons. The molecule has 0 aliphatic heterocycles. The first-order chi connectivity index (χ1) is 9.60. The van der Waals surface area contributed by atoms with E-state index in [2.05, 4.69) is 24.1 Å². The minimum atomic E-state index is -0.0937. The zero-order valence-electron chi connectivity index (χ0n) is 12.8. The van der Waals surface area contributed by atoms with Crippen LogP contribution in [0.3, 0.4) is 0 Å². The fraction of sp³-hybridized carbons (Fsp3) is 0.667. The second-order valence-electron chi connectivity index (χ2n) is 5.05. The molecule has 20 heavy (non-hydrogen) atoms. The monoisotopic (exact) mass is 281 g/mol. The van der Waals surface area contributed by atoms with Gasteiger partial charge >= 0.3 is 0 Å². The quantitative estimate of drug-likeness (QED) is 0.726. The lowest BCUT2D eigenvalue weighted by Gasteiger charge is -2.19. The molecule has 0 spiro atoms. The number of hydrogen-bond acceptors (Lipinski definition) is 4. The van der Waals surface area contributed by atoms with Crippen molar-refractivity contribution in [2.24, 2.45) is 5.73 Å². The Kier molecular flexibility index (Phi) is 7.33. The summed E-state index contributed by atoms with van der Waals surface area (Å²) in [6.07, 6.45) is 3.52. The molecule has 0 saturated heterocycles. The summed E-state index contributed by atoms with van der Waals surface area (Å²) in [6.45, 7) is 9.92. The van der Waals surface area contributed by atoms with Crippen LogP contribution in [0.4, 0.5) is 0 Å². The van der Waals surface area contributed by atoms with Gasteiger partial charge in [0.1, 0.15) is 12.0 Å². The number of nitrogens with two attached hydrogens (primary N) is 1. The highest BCUT2D eigenvalue weighted by Gasteiger charge is 2.12. The number of furan rings is 1. The van der Waals surface area contributed by atoms with E-state index in [4.69, 9.17) is 10.2 Å². The number of carbonyl (C=O) groups excluding carboxylic acids is 1. The Morgan fingerprint density at radius 2 is 2.15 bits per heavy atom. The molecule has 1 atom stereocenters. The van der Waals surface area contributed by atoms with Crippen molar-refractivity contribution in [2.75, 3.05) is 19.6 Å². The number of carbonyl (C=O) groups is 1. The molecule has 1 unspecified atom stereocenters. The number of nitrogens with one attached hydrogen (secondary N) is 1. The molecule has 0 saturated carbocycles. The number of amides is 1. The van der Waals surface area contributed by atoms with E-state index in [1.54, 1.807) is 6.07 Å². The van der Waals surface area contributed by atoms with Crippen molar-refractivity contribution in [1.82, 2.24) is 10.2 Å². The van der Waals surface area contributed by atoms with Crippen LogP contribution < -0.4 is 11.1 Å². The van der Waals surface area contributed by atoms with Gasteiger partial charge in [0.15, 0.2) is 0 Å². The van der Waals surface area contributed by atoms with Gasteiger partial charge in [0, 0.05) is 6.04 Å². The molecule has 1 aromatic rings. The minimum Gasteiger partial charge on any atom is -0.467 e. The van der Waals surface area contributed by atoms with E-state index in [1.165, 1.54) is 6.26 Å². The summed E-state index contributed by atoms with van der Waals surface area (Å²) < 4.78 is 5.17. The molecule has 1 aromatic heterocycles. The second-order valence-corrected chi connectivity index (χ2v) is 5.05. The van der Waals surface area contributed by atoms with Gasteiger partial charge in [-0.05, 0) is 45.5 Å². The number of hydrogen-bond donors (Lipinski definition) is 2. The molecule has 5 nitrogen and oxygen atoms in total. The van der Waals surface area contributed by atoms with E-state index in [1.807, 2.05) is 6.92 Å². The Bertz CT molecular complexity index is 400. The third-order valence-electron chi connectivity index (χ3n) is 3.50. The van der Waals surface area contributed by atoms with Crippen molar-refractivity contribution in [3.05, 3.63) is 23.7 Å². The van der Waals surface area contributed by atoms with Crippen LogP contribution in [0.1, 0.15) is 49.7 Å². The largest absolute Gasteiger partial charge is 0.467 e. The van der Waals surface area contributed by atoms with Crippen molar-refractivity contribution in [3.63, 3.8) is 0 Å². The Morgan fingerprint density at radius 1 is 1.45 bits per heavy atom. The van der Waals surface area contributed by atoms with Crippen molar-refractivity contribution in [2.45, 2.75) is 46.2 Å². The lowest BCUT2D eigenvalue weighted by Crippen LogP contribution is -2.33. The predicted molar refractivity (Wildman–Crippen MR) is 80.5 cm³/mol. The van der Waals surface area contributed by atoms with Crippen LogP contribution in [0.2, 0.25) is 0 Å². The fourth-order valence-corrected chi connectivity index (χ4v) is 2.15. The second kappa shape index (κ2) is 8.76. The first-order valence-electron chi connectivity index (χ1n) is 7.41. The molecule has 1 amide bonds. The van der Waals surface area contributed by atoms with E-state index in [0.717, 1.165) is 32.5 Å². The Labute approximate surface area is 121 Å². The molecule has 0 bridgehead atoms. The molecule has 1 rings (SSSR count). The maximum Gasteiger partial charge on any atom is 0.254 e. The molecular formula is C15H27N3O2. The van der Waals surface area contributed by atoms with Crippen LogP contribution in [-0.4, -0.2) is 36.5 Å². The first kappa shape index (κ1) is 16.7. The van der Waals surface area contributed by atoms with Crippen LogP contribution in [0.25, 0.3) is 0 Å². The smallest absolute Gasteiger partial charge is 0.254 e. The number of nitrogens with zero attached hydrogens (tertiary/aromatic N) is 1. The Hall–Kier alpha value is -1.33. The molecule has 1 heterocycles. The molecule has 0 aliphatic rings. The van der Waals surface area contributed by atoms with Gasteiger partial charge in [0.2, 0.25) is 0 Å². The first-order valence-corrected chi connectivity index (χ1v) is 7.41. The highest BCUT2D eigenvalue weighted by Crippen LogP contribution is 2.08. The molecular weight excluding hydrogens is 254 g/mol. The van der Waals surface area contributed by atoms with Crippen LogP contribution in [0.5, 0.6) is 0 Å². The fourth-order valence-electron chi connectivity index (χ4n) is 2.15. The molecule has 0 fully saturated rings. The third kappa shape index (κ3) is 5.35. The summed E-state index contributed by atoms with van der Waals surface area (Å²) in [5.74, 6) is 0.535. The van der Waals surface area contributed by atoms with Crippen molar-refractivity contribution < 1.29 is 9.21 Å². The van der Waals surface area contributed by atoms with E-state index >= 15 is 0 Å². The van der Waals surface area contributed by atoms with E-state index in [0.29, 0.717) is 17.9 Å². The van der Waals surface area contributed by atoms with Gasteiger partial charge in [0.05, 0.1) is 12.1 Å². The molecule has 0 aromatic carbocycles. The Balaban J connectivity index is 2.31. The average molecular weight is 281 g/mol. The van der Waals surface area contributed by atoms with Gasteiger partial charge in [-0.3, -0.25) is 4.79 Å².